The van der Waals surface area contributed by atoms with E-state index < -0.39 is 5.97 Å². The van der Waals surface area contributed by atoms with Gasteiger partial charge in [0.05, 0.1) is 11.8 Å². The van der Waals surface area contributed by atoms with E-state index in [9.17, 15) is 14.7 Å². The molecule has 0 spiro atoms. The predicted octanol–water partition coefficient (Wildman–Crippen LogP) is 5.68. The quantitative estimate of drug-likeness (QED) is 0.555. The Kier molecular flexibility index (Phi) is 5.35. The highest BCUT2D eigenvalue weighted by atomic mass is 32.1. The number of nitrogens with one attached hydrogen (secondary N) is 1. The summed E-state index contributed by atoms with van der Waals surface area (Å²) in [5.41, 5.74) is 3.94. The van der Waals surface area contributed by atoms with Crippen LogP contribution in [0.4, 0.5) is 5.69 Å². The molecule has 1 aliphatic heterocycles. The lowest BCUT2D eigenvalue weighted by Crippen LogP contribution is -2.23. The lowest BCUT2D eigenvalue weighted by Gasteiger charge is -2.26. The Morgan fingerprint density at radius 3 is 2.53 bits per heavy atom. The topological polar surface area (TPSA) is 75.6 Å². The largest absolute Gasteiger partial charge is 0.491 e. The normalized spacial score (nSPS) is 15.6. The summed E-state index contributed by atoms with van der Waals surface area (Å²) in [6, 6.07) is 15.4. The fourth-order valence-electron chi connectivity index (χ4n) is 3.81. The van der Waals surface area contributed by atoms with Gasteiger partial charge in [0.2, 0.25) is 5.91 Å². The second kappa shape index (κ2) is 7.95. The molecule has 0 radical (unpaired) electrons. The zero-order valence-electron chi connectivity index (χ0n) is 17.1. The third-order valence-electron chi connectivity index (χ3n) is 5.10. The van der Waals surface area contributed by atoms with E-state index >= 15 is 0 Å². The SMILES string of the molecule is Cc1ccc(-c2c(C(=O)O)sc3c2NC(=O)CC3c2ccccc2OC(C)C)cc1. The summed E-state index contributed by atoms with van der Waals surface area (Å²) in [5, 5.41) is 12.8. The fourth-order valence-corrected chi connectivity index (χ4v) is 5.05. The minimum atomic E-state index is -0.996. The number of rotatable bonds is 5. The summed E-state index contributed by atoms with van der Waals surface area (Å²) in [5.74, 6) is -0.661. The number of hydrogen-bond acceptors (Lipinski definition) is 4. The van der Waals surface area contributed by atoms with Crippen molar-refractivity contribution in [2.75, 3.05) is 5.32 Å². The summed E-state index contributed by atoms with van der Waals surface area (Å²) in [6.45, 7) is 5.90. The van der Waals surface area contributed by atoms with Gasteiger partial charge in [-0.3, -0.25) is 4.79 Å². The van der Waals surface area contributed by atoms with Crippen molar-refractivity contribution in [3.8, 4) is 16.9 Å². The van der Waals surface area contributed by atoms with E-state index in [4.69, 9.17) is 4.74 Å². The Labute approximate surface area is 179 Å². The summed E-state index contributed by atoms with van der Waals surface area (Å²) in [6.07, 6.45) is 0.238. The number of ether oxygens (including phenoxy) is 1. The van der Waals surface area contributed by atoms with Crippen LogP contribution in [0.1, 0.15) is 51.9 Å². The fraction of sp³-hybridized carbons (Fsp3) is 0.250. The monoisotopic (exact) mass is 421 g/mol. The molecule has 6 heteroatoms. The van der Waals surface area contributed by atoms with Crippen LogP contribution in [0.3, 0.4) is 0 Å². The molecule has 0 aliphatic carbocycles. The van der Waals surface area contributed by atoms with E-state index in [1.165, 1.54) is 11.3 Å². The van der Waals surface area contributed by atoms with Crippen molar-refractivity contribution >= 4 is 28.9 Å². The number of amides is 1. The van der Waals surface area contributed by atoms with E-state index in [1.807, 2.05) is 69.3 Å². The summed E-state index contributed by atoms with van der Waals surface area (Å²) in [7, 11) is 0. The molecule has 3 aromatic rings. The number of fused-ring (bicyclic) bond motifs is 1. The molecular weight excluding hydrogens is 398 g/mol. The number of hydrogen-bond donors (Lipinski definition) is 2. The molecule has 1 aromatic heterocycles. The Hall–Kier alpha value is -3.12. The molecule has 1 aliphatic rings. The van der Waals surface area contributed by atoms with Crippen LogP contribution in [-0.4, -0.2) is 23.1 Å². The average Bonchev–Trinajstić information content (AvgIpc) is 3.08. The average molecular weight is 422 g/mol. The lowest BCUT2D eigenvalue weighted by atomic mass is 9.88. The number of aryl methyl sites for hydroxylation is 1. The van der Waals surface area contributed by atoms with Crippen molar-refractivity contribution in [2.24, 2.45) is 0 Å². The van der Waals surface area contributed by atoms with Crippen molar-refractivity contribution < 1.29 is 19.4 Å². The molecule has 30 heavy (non-hydrogen) atoms. The number of carboxylic acid groups (broad SMARTS) is 1. The van der Waals surface area contributed by atoms with Gasteiger partial charge in [0.15, 0.2) is 0 Å². The van der Waals surface area contributed by atoms with Crippen molar-refractivity contribution in [3.05, 3.63) is 69.4 Å². The van der Waals surface area contributed by atoms with Crippen LogP contribution in [0.5, 0.6) is 5.75 Å². The minimum Gasteiger partial charge on any atom is -0.491 e. The molecule has 5 nitrogen and oxygen atoms in total. The third-order valence-corrected chi connectivity index (χ3v) is 6.39. The molecule has 1 atom stereocenters. The van der Waals surface area contributed by atoms with Crippen LogP contribution in [0.25, 0.3) is 11.1 Å². The highest BCUT2D eigenvalue weighted by Gasteiger charge is 2.35. The number of benzene rings is 2. The molecule has 0 fully saturated rings. The van der Waals surface area contributed by atoms with Crippen LogP contribution >= 0.6 is 11.3 Å². The number of carbonyl (C=O) groups is 2. The van der Waals surface area contributed by atoms with E-state index in [1.54, 1.807) is 0 Å². The van der Waals surface area contributed by atoms with Gasteiger partial charge in [-0.2, -0.15) is 0 Å². The lowest BCUT2D eigenvalue weighted by molar-refractivity contribution is -0.116. The highest BCUT2D eigenvalue weighted by Crippen LogP contribution is 2.50. The van der Waals surface area contributed by atoms with E-state index in [0.717, 1.165) is 27.3 Å². The third kappa shape index (κ3) is 3.71. The maximum absolute atomic E-state index is 12.7. The first-order valence-corrected chi connectivity index (χ1v) is 10.7. The van der Waals surface area contributed by atoms with Gasteiger partial charge in [-0.05, 0) is 32.4 Å². The highest BCUT2D eigenvalue weighted by molar-refractivity contribution is 7.15. The first-order chi connectivity index (χ1) is 14.3. The second-order valence-electron chi connectivity index (χ2n) is 7.73. The molecule has 0 saturated heterocycles. The molecule has 2 heterocycles. The van der Waals surface area contributed by atoms with Crippen molar-refractivity contribution in [2.45, 2.75) is 39.2 Å². The molecular formula is C24H23NO4S. The zero-order chi connectivity index (χ0) is 21.4. The van der Waals surface area contributed by atoms with Gasteiger partial charge in [0, 0.05) is 28.3 Å². The van der Waals surface area contributed by atoms with Gasteiger partial charge in [-0.15, -0.1) is 11.3 Å². The molecule has 0 saturated carbocycles. The Bertz CT molecular complexity index is 1110. The van der Waals surface area contributed by atoms with Gasteiger partial charge in [-0.25, -0.2) is 4.79 Å². The van der Waals surface area contributed by atoms with Gasteiger partial charge in [0.1, 0.15) is 10.6 Å². The molecule has 1 unspecified atom stereocenters. The first kappa shape index (κ1) is 20.2. The minimum absolute atomic E-state index is 0.0101. The number of thiophene rings is 1. The van der Waals surface area contributed by atoms with Crippen LogP contribution < -0.4 is 10.1 Å². The number of carbonyl (C=O) groups excluding carboxylic acids is 1. The van der Waals surface area contributed by atoms with Crippen LogP contribution in [0, 0.1) is 6.92 Å². The van der Waals surface area contributed by atoms with E-state index in [2.05, 4.69) is 5.32 Å². The Morgan fingerprint density at radius 1 is 1.17 bits per heavy atom. The van der Waals surface area contributed by atoms with Crippen molar-refractivity contribution in [3.63, 3.8) is 0 Å². The number of anilines is 1. The van der Waals surface area contributed by atoms with Crippen LogP contribution in [0.15, 0.2) is 48.5 Å². The molecule has 1 amide bonds. The van der Waals surface area contributed by atoms with Crippen LogP contribution in [0.2, 0.25) is 0 Å². The number of para-hydroxylation sites is 1. The van der Waals surface area contributed by atoms with E-state index in [-0.39, 0.29) is 29.2 Å². The second-order valence-corrected chi connectivity index (χ2v) is 8.78. The summed E-state index contributed by atoms with van der Waals surface area (Å²) < 4.78 is 5.99. The maximum atomic E-state index is 12.7. The predicted molar refractivity (Wildman–Crippen MR) is 119 cm³/mol. The van der Waals surface area contributed by atoms with E-state index in [0.29, 0.717) is 11.3 Å². The van der Waals surface area contributed by atoms with Gasteiger partial charge in [-0.1, -0.05) is 48.0 Å². The molecule has 154 valence electrons. The summed E-state index contributed by atoms with van der Waals surface area (Å²) in [4.78, 5) is 25.8. The molecule has 2 N–H and O–H groups in total. The Morgan fingerprint density at radius 2 is 1.87 bits per heavy atom. The van der Waals surface area contributed by atoms with Gasteiger partial charge in [0.25, 0.3) is 0 Å². The van der Waals surface area contributed by atoms with Crippen molar-refractivity contribution in [1.82, 2.24) is 0 Å². The summed E-state index contributed by atoms with van der Waals surface area (Å²) >= 11 is 1.23. The first-order valence-electron chi connectivity index (χ1n) is 9.87. The molecule has 2 aromatic carbocycles. The standard InChI is InChI=1S/C24H23NO4S/c1-13(2)29-18-7-5-4-6-16(18)17-12-19(26)25-21-20(15-10-8-14(3)9-11-15)23(24(27)28)30-22(17)21/h4-11,13,17H,12H2,1-3H3,(H,25,26)(H,27,28). The molecule has 4 rings (SSSR count). The van der Waals surface area contributed by atoms with Crippen LogP contribution in [-0.2, 0) is 4.79 Å². The number of carboxylic acids is 1. The maximum Gasteiger partial charge on any atom is 0.346 e. The Balaban J connectivity index is 1.91. The van der Waals surface area contributed by atoms with Gasteiger partial charge >= 0.3 is 5.97 Å². The smallest absolute Gasteiger partial charge is 0.346 e. The zero-order valence-corrected chi connectivity index (χ0v) is 17.9. The van der Waals surface area contributed by atoms with Gasteiger partial charge < -0.3 is 15.2 Å². The molecule has 0 bridgehead atoms. The van der Waals surface area contributed by atoms with Crippen molar-refractivity contribution in [1.29, 1.82) is 0 Å². The number of aromatic carboxylic acids is 1.